The molecule has 1 N–H and O–H groups in total. The second kappa shape index (κ2) is 7.41. The maximum atomic E-state index is 11.3. The molecule has 116 valence electrons. The largest absolute Gasteiger partial charge is 0.469 e. The Hall–Kier alpha value is -0.610. The molecule has 1 saturated heterocycles. The number of piperidine rings is 1. The highest BCUT2D eigenvalue weighted by molar-refractivity contribution is 5.69. The molecule has 4 heteroatoms. The summed E-state index contributed by atoms with van der Waals surface area (Å²) in [5, 5.41) is 3.71. The van der Waals surface area contributed by atoms with E-state index in [1.54, 1.807) is 0 Å². The Morgan fingerprint density at radius 1 is 1.35 bits per heavy atom. The fraction of sp³-hybridized carbons (Fsp3) is 0.938. The van der Waals surface area contributed by atoms with Crippen LogP contribution in [0, 0.1) is 11.8 Å². The van der Waals surface area contributed by atoms with Crippen molar-refractivity contribution >= 4 is 5.97 Å². The van der Waals surface area contributed by atoms with Crippen molar-refractivity contribution in [2.75, 3.05) is 26.7 Å². The SMILES string of the molecule is COC(=O)CCC1CC(NCC(C)C)CN(C2CC2)C1. The number of hydrogen-bond donors (Lipinski definition) is 1. The Morgan fingerprint density at radius 2 is 2.10 bits per heavy atom. The summed E-state index contributed by atoms with van der Waals surface area (Å²) >= 11 is 0. The van der Waals surface area contributed by atoms with Crippen molar-refractivity contribution in [3.8, 4) is 0 Å². The number of methoxy groups -OCH3 is 1. The van der Waals surface area contributed by atoms with Gasteiger partial charge in [-0.05, 0) is 44.1 Å². The molecule has 2 rings (SSSR count). The number of esters is 1. The smallest absolute Gasteiger partial charge is 0.305 e. The Balaban J connectivity index is 1.81. The molecule has 0 spiro atoms. The van der Waals surface area contributed by atoms with E-state index < -0.39 is 0 Å². The van der Waals surface area contributed by atoms with E-state index in [9.17, 15) is 4.79 Å². The lowest BCUT2D eigenvalue weighted by Crippen LogP contribution is -2.50. The van der Waals surface area contributed by atoms with Gasteiger partial charge in [-0.25, -0.2) is 0 Å². The van der Waals surface area contributed by atoms with Crippen LogP contribution in [0.15, 0.2) is 0 Å². The first-order chi connectivity index (χ1) is 9.58. The monoisotopic (exact) mass is 282 g/mol. The molecule has 2 aliphatic rings. The fourth-order valence-electron chi connectivity index (χ4n) is 3.16. The van der Waals surface area contributed by atoms with Gasteiger partial charge in [-0.15, -0.1) is 0 Å². The number of carbonyl (C=O) groups excluding carboxylic acids is 1. The summed E-state index contributed by atoms with van der Waals surface area (Å²) in [4.78, 5) is 14.0. The molecule has 1 aliphatic heterocycles. The zero-order chi connectivity index (χ0) is 14.5. The molecule has 2 atom stereocenters. The van der Waals surface area contributed by atoms with Crippen molar-refractivity contribution in [3.05, 3.63) is 0 Å². The molecule has 0 bridgehead atoms. The second-order valence-corrected chi connectivity index (χ2v) is 6.90. The van der Waals surface area contributed by atoms with E-state index >= 15 is 0 Å². The van der Waals surface area contributed by atoms with E-state index in [-0.39, 0.29) is 5.97 Å². The second-order valence-electron chi connectivity index (χ2n) is 6.90. The normalized spacial score (nSPS) is 27.8. The Kier molecular flexibility index (Phi) is 5.85. The molecule has 1 heterocycles. The van der Waals surface area contributed by atoms with Crippen LogP contribution in [0.3, 0.4) is 0 Å². The minimum absolute atomic E-state index is 0.0692. The number of nitrogens with one attached hydrogen (secondary N) is 1. The molecule has 1 saturated carbocycles. The molecular formula is C16H30N2O2. The summed E-state index contributed by atoms with van der Waals surface area (Å²) in [6.45, 7) is 7.95. The number of ether oxygens (including phenoxy) is 1. The highest BCUT2D eigenvalue weighted by atomic mass is 16.5. The summed E-state index contributed by atoms with van der Waals surface area (Å²) in [6.07, 6.45) is 5.46. The Bertz CT molecular complexity index is 316. The maximum absolute atomic E-state index is 11.3. The molecule has 4 nitrogen and oxygen atoms in total. The molecule has 1 aliphatic carbocycles. The van der Waals surface area contributed by atoms with Crippen LogP contribution < -0.4 is 5.32 Å². The van der Waals surface area contributed by atoms with Crippen LogP contribution in [0.1, 0.15) is 46.0 Å². The van der Waals surface area contributed by atoms with E-state index in [2.05, 4.69) is 24.1 Å². The van der Waals surface area contributed by atoms with Gasteiger partial charge in [0.25, 0.3) is 0 Å². The average Bonchev–Trinajstić information content (AvgIpc) is 3.26. The van der Waals surface area contributed by atoms with E-state index in [0.29, 0.717) is 24.3 Å². The zero-order valence-electron chi connectivity index (χ0n) is 13.2. The van der Waals surface area contributed by atoms with E-state index in [1.165, 1.54) is 39.5 Å². The minimum Gasteiger partial charge on any atom is -0.469 e. The zero-order valence-corrected chi connectivity index (χ0v) is 13.2. The van der Waals surface area contributed by atoms with E-state index in [1.807, 2.05) is 0 Å². The number of likely N-dealkylation sites (tertiary alicyclic amines) is 1. The van der Waals surface area contributed by atoms with Crippen LogP contribution in [-0.2, 0) is 9.53 Å². The average molecular weight is 282 g/mol. The highest BCUT2D eigenvalue weighted by Crippen LogP contribution is 2.32. The van der Waals surface area contributed by atoms with Crippen molar-refractivity contribution in [1.29, 1.82) is 0 Å². The maximum Gasteiger partial charge on any atom is 0.305 e. The first-order valence-corrected chi connectivity index (χ1v) is 8.12. The molecule has 20 heavy (non-hydrogen) atoms. The molecule has 0 aromatic carbocycles. The van der Waals surface area contributed by atoms with Crippen LogP contribution in [0.2, 0.25) is 0 Å². The van der Waals surface area contributed by atoms with Crippen molar-refractivity contribution in [3.63, 3.8) is 0 Å². The molecular weight excluding hydrogens is 252 g/mol. The van der Waals surface area contributed by atoms with E-state index in [0.717, 1.165) is 19.0 Å². The number of rotatable bonds is 7. The van der Waals surface area contributed by atoms with Gasteiger partial charge < -0.3 is 10.1 Å². The van der Waals surface area contributed by atoms with E-state index in [4.69, 9.17) is 4.74 Å². The first kappa shape index (κ1) is 15.8. The molecule has 0 radical (unpaired) electrons. The molecule has 0 amide bonds. The standard InChI is InChI=1S/C16H30N2O2/c1-12(2)9-17-14-8-13(4-7-16(19)20-3)10-18(11-14)15-5-6-15/h12-15,17H,4-11H2,1-3H3. The van der Waals surface area contributed by atoms with Crippen molar-refractivity contribution in [2.24, 2.45) is 11.8 Å². The van der Waals surface area contributed by atoms with Gasteiger partial charge in [0.15, 0.2) is 0 Å². The fourth-order valence-corrected chi connectivity index (χ4v) is 3.16. The summed E-state index contributed by atoms with van der Waals surface area (Å²) < 4.78 is 4.77. The lowest BCUT2D eigenvalue weighted by Gasteiger charge is -2.38. The highest BCUT2D eigenvalue weighted by Gasteiger charge is 2.35. The lowest BCUT2D eigenvalue weighted by atomic mass is 9.90. The predicted octanol–water partition coefficient (Wildman–Crippen LogP) is 2.04. The summed E-state index contributed by atoms with van der Waals surface area (Å²) in [5.41, 5.74) is 0. The van der Waals surface area contributed by atoms with Gasteiger partial charge in [0.05, 0.1) is 7.11 Å². The number of nitrogens with zero attached hydrogens (tertiary/aromatic N) is 1. The van der Waals surface area contributed by atoms with Crippen molar-refractivity contribution in [1.82, 2.24) is 10.2 Å². The van der Waals surface area contributed by atoms with Crippen LogP contribution in [0.4, 0.5) is 0 Å². The molecule has 0 aromatic rings. The minimum atomic E-state index is -0.0692. The van der Waals surface area contributed by atoms with Gasteiger partial charge in [-0.3, -0.25) is 9.69 Å². The van der Waals surface area contributed by atoms with Crippen molar-refractivity contribution in [2.45, 2.75) is 58.0 Å². The number of carbonyl (C=O) groups is 1. The topological polar surface area (TPSA) is 41.6 Å². The molecule has 2 fully saturated rings. The Labute approximate surface area is 123 Å². The van der Waals surface area contributed by atoms with Gasteiger partial charge >= 0.3 is 5.97 Å². The van der Waals surface area contributed by atoms with Gasteiger partial charge in [0, 0.05) is 31.6 Å². The third kappa shape index (κ3) is 5.06. The van der Waals surface area contributed by atoms with Crippen LogP contribution in [-0.4, -0.2) is 49.7 Å². The summed E-state index contributed by atoms with van der Waals surface area (Å²) in [7, 11) is 1.48. The van der Waals surface area contributed by atoms with Crippen molar-refractivity contribution < 1.29 is 9.53 Å². The van der Waals surface area contributed by atoms with Gasteiger partial charge in [0.1, 0.15) is 0 Å². The first-order valence-electron chi connectivity index (χ1n) is 8.12. The number of hydrogen-bond acceptors (Lipinski definition) is 4. The molecule has 0 aromatic heterocycles. The van der Waals surface area contributed by atoms with Crippen LogP contribution in [0.5, 0.6) is 0 Å². The lowest BCUT2D eigenvalue weighted by molar-refractivity contribution is -0.141. The third-order valence-corrected chi connectivity index (χ3v) is 4.43. The quantitative estimate of drug-likeness (QED) is 0.726. The van der Waals surface area contributed by atoms with Gasteiger partial charge in [0.2, 0.25) is 0 Å². The van der Waals surface area contributed by atoms with Crippen LogP contribution >= 0.6 is 0 Å². The Morgan fingerprint density at radius 3 is 2.70 bits per heavy atom. The summed E-state index contributed by atoms with van der Waals surface area (Å²) in [5.74, 6) is 1.26. The molecule has 2 unspecified atom stereocenters. The predicted molar refractivity (Wildman–Crippen MR) is 80.6 cm³/mol. The van der Waals surface area contributed by atoms with Gasteiger partial charge in [-0.1, -0.05) is 13.8 Å². The third-order valence-electron chi connectivity index (χ3n) is 4.43. The summed E-state index contributed by atoms with van der Waals surface area (Å²) in [6, 6.07) is 1.41. The van der Waals surface area contributed by atoms with Gasteiger partial charge in [-0.2, -0.15) is 0 Å². The van der Waals surface area contributed by atoms with Crippen LogP contribution in [0.25, 0.3) is 0 Å².